The van der Waals surface area contributed by atoms with E-state index in [1.807, 2.05) is 24.3 Å². The van der Waals surface area contributed by atoms with Gasteiger partial charge in [0.2, 0.25) is 0 Å². The van der Waals surface area contributed by atoms with Gasteiger partial charge in [0.15, 0.2) is 5.69 Å². The van der Waals surface area contributed by atoms with Crippen molar-refractivity contribution in [1.29, 1.82) is 0 Å². The van der Waals surface area contributed by atoms with Crippen LogP contribution in [-0.4, -0.2) is 25.2 Å². The Hall–Kier alpha value is -3.15. The second-order valence-electron chi connectivity index (χ2n) is 5.30. The number of hydrogen-bond donors (Lipinski definition) is 0. The highest BCUT2D eigenvalue weighted by atomic mass is 19.1. The van der Waals surface area contributed by atoms with Crippen LogP contribution < -0.4 is 9.47 Å². The molecule has 0 radical (unpaired) electrons. The van der Waals surface area contributed by atoms with Crippen LogP contribution in [0.2, 0.25) is 0 Å². The zero-order valence-corrected chi connectivity index (χ0v) is 13.8. The molecule has 3 rings (SSSR count). The summed E-state index contributed by atoms with van der Waals surface area (Å²) < 4.78 is 29.3. The van der Waals surface area contributed by atoms with Gasteiger partial charge in [0, 0.05) is 11.5 Å². The Labute approximate surface area is 144 Å². The summed E-state index contributed by atoms with van der Waals surface area (Å²) in [5.74, 6) is 0.0681. The van der Waals surface area contributed by atoms with E-state index < -0.39 is 11.8 Å². The summed E-state index contributed by atoms with van der Waals surface area (Å²) in [6, 6.07) is 13.0. The number of esters is 1. The molecule has 0 aliphatic heterocycles. The largest absolute Gasteiger partial charge is 0.497 e. The average molecular weight is 341 g/mol. The molecule has 0 spiro atoms. The summed E-state index contributed by atoms with van der Waals surface area (Å²) >= 11 is 0. The summed E-state index contributed by atoms with van der Waals surface area (Å²) in [6.07, 6.45) is 0. The van der Waals surface area contributed by atoms with Crippen LogP contribution in [0.15, 0.2) is 48.5 Å². The van der Waals surface area contributed by atoms with E-state index in [-0.39, 0.29) is 12.3 Å². The SMILES string of the molecule is COC(=O)c1cc(OCc2cccc(OC)c2)c2cc(F)ccc2n1. The number of ether oxygens (including phenoxy) is 3. The van der Waals surface area contributed by atoms with Crippen molar-refractivity contribution < 1.29 is 23.4 Å². The molecule has 1 heterocycles. The lowest BCUT2D eigenvalue weighted by Crippen LogP contribution is -2.06. The normalized spacial score (nSPS) is 10.5. The lowest BCUT2D eigenvalue weighted by atomic mass is 10.1. The molecule has 2 aromatic carbocycles. The number of halogens is 1. The third-order valence-electron chi connectivity index (χ3n) is 3.66. The first kappa shape index (κ1) is 16.7. The number of aromatic nitrogens is 1. The second kappa shape index (κ2) is 7.17. The van der Waals surface area contributed by atoms with Gasteiger partial charge in [0.05, 0.1) is 19.7 Å². The molecule has 0 aliphatic carbocycles. The van der Waals surface area contributed by atoms with Crippen molar-refractivity contribution in [1.82, 2.24) is 4.98 Å². The highest BCUT2D eigenvalue weighted by Gasteiger charge is 2.14. The molecule has 0 unspecified atom stereocenters. The van der Waals surface area contributed by atoms with Gasteiger partial charge in [-0.25, -0.2) is 14.2 Å². The first-order valence-corrected chi connectivity index (χ1v) is 7.55. The Kier molecular flexibility index (Phi) is 4.79. The molecule has 0 atom stereocenters. The maximum absolute atomic E-state index is 13.6. The molecule has 5 nitrogen and oxygen atoms in total. The highest BCUT2D eigenvalue weighted by molar-refractivity contribution is 5.94. The van der Waals surface area contributed by atoms with E-state index in [4.69, 9.17) is 14.2 Å². The summed E-state index contributed by atoms with van der Waals surface area (Å²) in [5.41, 5.74) is 1.42. The van der Waals surface area contributed by atoms with Crippen molar-refractivity contribution in [3.05, 3.63) is 65.6 Å². The molecule has 25 heavy (non-hydrogen) atoms. The van der Waals surface area contributed by atoms with Crippen LogP contribution in [0, 0.1) is 5.82 Å². The van der Waals surface area contributed by atoms with Crippen LogP contribution in [0.25, 0.3) is 10.9 Å². The van der Waals surface area contributed by atoms with Gasteiger partial charge in [-0.05, 0) is 35.9 Å². The van der Waals surface area contributed by atoms with Crippen molar-refractivity contribution in [2.24, 2.45) is 0 Å². The van der Waals surface area contributed by atoms with E-state index in [0.29, 0.717) is 22.4 Å². The summed E-state index contributed by atoms with van der Waals surface area (Å²) in [6.45, 7) is 0.230. The van der Waals surface area contributed by atoms with Gasteiger partial charge in [-0.15, -0.1) is 0 Å². The fourth-order valence-corrected chi connectivity index (χ4v) is 2.42. The van der Waals surface area contributed by atoms with Crippen LogP contribution in [0.3, 0.4) is 0 Å². The van der Waals surface area contributed by atoms with Gasteiger partial charge in [0.25, 0.3) is 0 Å². The molecule has 1 aromatic heterocycles. The molecule has 0 fully saturated rings. The smallest absolute Gasteiger partial charge is 0.356 e. The Morgan fingerprint density at radius 2 is 1.96 bits per heavy atom. The van der Waals surface area contributed by atoms with Crippen LogP contribution in [0.5, 0.6) is 11.5 Å². The Bertz CT molecular complexity index is 926. The first-order valence-electron chi connectivity index (χ1n) is 7.55. The average Bonchev–Trinajstić information content (AvgIpc) is 2.65. The van der Waals surface area contributed by atoms with Gasteiger partial charge >= 0.3 is 5.97 Å². The van der Waals surface area contributed by atoms with Crippen LogP contribution in [-0.2, 0) is 11.3 Å². The van der Waals surface area contributed by atoms with Gasteiger partial charge in [-0.2, -0.15) is 0 Å². The van der Waals surface area contributed by atoms with Crippen molar-refractivity contribution >= 4 is 16.9 Å². The van der Waals surface area contributed by atoms with Crippen molar-refractivity contribution in [2.75, 3.05) is 14.2 Å². The molecule has 128 valence electrons. The highest BCUT2D eigenvalue weighted by Crippen LogP contribution is 2.28. The molecule has 6 heteroatoms. The number of methoxy groups -OCH3 is 2. The predicted molar refractivity (Wildman–Crippen MR) is 90.4 cm³/mol. The molecule has 3 aromatic rings. The lowest BCUT2D eigenvalue weighted by molar-refractivity contribution is 0.0594. The third-order valence-corrected chi connectivity index (χ3v) is 3.66. The Morgan fingerprint density at radius 3 is 2.72 bits per heavy atom. The molecule has 0 saturated heterocycles. The number of carbonyl (C=O) groups excluding carboxylic acids is 1. The number of carbonyl (C=O) groups is 1. The maximum atomic E-state index is 13.6. The van der Waals surface area contributed by atoms with Gasteiger partial charge in [-0.1, -0.05) is 12.1 Å². The number of benzene rings is 2. The molecule has 0 amide bonds. The Morgan fingerprint density at radius 1 is 1.12 bits per heavy atom. The van der Waals surface area contributed by atoms with Crippen LogP contribution >= 0.6 is 0 Å². The van der Waals surface area contributed by atoms with Gasteiger partial charge in [-0.3, -0.25) is 0 Å². The number of fused-ring (bicyclic) bond motifs is 1. The minimum atomic E-state index is -0.586. The molecular formula is C19H16FNO4. The number of hydrogen-bond acceptors (Lipinski definition) is 5. The monoisotopic (exact) mass is 341 g/mol. The van der Waals surface area contributed by atoms with Crippen molar-refractivity contribution in [2.45, 2.75) is 6.61 Å². The molecule has 0 bridgehead atoms. The minimum absolute atomic E-state index is 0.0993. The van der Waals surface area contributed by atoms with E-state index in [1.165, 1.54) is 31.4 Å². The minimum Gasteiger partial charge on any atom is -0.497 e. The van der Waals surface area contributed by atoms with Gasteiger partial charge < -0.3 is 14.2 Å². The van der Waals surface area contributed by atoms with E-state index in [1.54, 1.807) is 7.11 Å². The topological polar surface area (TPSA) is 57.7 Å². The van der Waals surface area contributed by atoms with E-state index in [0.717, 1.165) is 5.56 Å². The molecule has 0 N–H and O–H groups in total. The lowest BCUT2D eigenvalue weighted by Gasteiger charge is -2.11. The standard InChI is InChI=1S/C19H16FNO4/c1-23-14-5-3-4-12(8-14)11-25-18-10-17(19(22)24-2)21-16-7-6-13(20)9-15(16)18/h3-10H,11H2,1-2H3. The number of pyridine rings is 1. The fourth-order valence-electron chi connectivity index (χ4n) is 2.42. The number of rotatable bonds is 5. The zero-order chi connectivity index (χ0) is 17.8. The van der Waals surface area contributed by atoms with Crippen LogP contribution in [0.4, 0.5) is 4.39 Å². The predicted octanol–water partition coefficient (Wildman–Crippen LogP) is 3.75. The first-order chi connectivity index (χ1) is 12.1. The summed E-state index contributed by atoms with van der Waals surface area (Å²) in [7, 11) is 2.86. The molecular weight excluding hydrogens is 325 g/mol. The van der Waals surface area contributed by atoms with E-state index >= 15 is 0 Å². The maximum Gasteiger partial charge on any atom is 0.356 e. The molecule has 0 aliphatic rings. The Balaban J connectivity index is 1.97. The van der Waals surface area contributed by atoms with Crippen molar-refractivity contribution in [3.63, 3.8) is 0 Å². The van der Waals surface area contributed by atoms with Crippen molar-refractivity contribution in [3.8, 4) is 11.5 Å². The van der Waals surface area contributed by atoms with Gasteiger partial charge in [0.1, 0.15) is 23.9 Å². The van der Waals surface area contributed by atoms with E-state index in [9.17, 15) is 9.18 Å². The summed E-state index contributed by atoms with van der Waals surface area (Å²) in [4.78, 5) is 16.0. The fraction of sp³-hybridized carbons (Fsp3) is 0.158. The third kappa shape index (κ3) is 3.68. The quantitative estimate of drug-likeness (QED) is 0.662. The molecule has 0 saturated carbocycles. The van der Waals surface area contributed by atoms with E-state index in [2.05, 4.69) is 4.98 Å². The van der Waals surface area contributed by atoms with Crippen LogP contribution in [0.1, 0.15) is 16.1 Å². The summed E-state index contributed by atoms with van der Waals surface area (Å²) in [5, 5.41) is 0.482. The zero-order valence-electron chi connectivity index (χ0n) is 13.8. The number of nitrogens with zero attached hydrogens (tertiary/aromatic N) is 1. The second-order valence-corrected chi connectivity index (χ2v) is 5.30.